The minimum atomic E-state index is 1.08. The van der Waals surface area contributed by atoms with E-state index in [0.717, 1.165) is 50.8 Å². The van der Waals surface area contributed by atoms with Gasteiger partial charge in [0.15, 0.2) is 0 Å². The number of hydrogen-bond donors (Lipinski definition) is 0. The number of aryl methyl sites for hydroxylation is 2. The van der Waals surface area contributed by atoms with Crippen LogP contribution in [0.15, 0.2) is 303 Å². The van der Waals surface area contributed by atoms with Crippen molar-refractivity contribution in [3.8, 4) is 77.9 Å². The molecule has 0 atom stereocenters. The largest absolute Gasteiger partial charge is 0.311 e. The van der Waals surface area contributed by atoms with Crippen LogP contribution in [-0.2, 0) is 0 Å². The first-order chi connectivity index (χ1) is 37.5. The first-order valence-electron chi connectivity index (χ1n) is 26.1. The summed E-state index contributed by atoms with van der Waals surface area (Å²) < 4.78 is 0. The Labute approximate surface area is 447 Å². The predicted molar refractivity (Wildman–Crippen MR) is 323 cm³/mol. The number of anilines is 6. The summed E-state index contributed by atoms with van der Waals surface area (Å²) in [4.78, 5) is 4.71. The summed E-state index contributed by atoms with van der Waals surface area (Å²) in [6, 6.07) is 110. The quantitative estimate of drug-likeness (QED) is 0.114. The van der Waals surface area contributed by atoms with Crippen molar-refractivity contribution in [3.63, 3.8) is 0 Å². The summed E-state index contributed by atoms with van der Waals surface area (Å²) in [5.41, 5.74) is 25.7. The Hall–Kier alpha value is -9.76. The summed E-state index contributed by atoms with van der Waals surface area (Å²) in [6.45, 7) is 4.33. The Bertz CT molecular complexity index is 3750. The second-order valence-electron chi connectivity index (χ2n) is 19.6. The van der Waals surface area contributed by atoms with Gasteiger partial charge >= 0.3 is 0 Å². The van der Waals surface area contributed by atoms with Crippen LogP contribution >= 0.6 is 0 Å². The van der Waals surface area contributed by atoms with Gasteiger partial charge in [-0.1, -0.05) is 242 Å². The van der Waals surface area contributed by atoms with Gasteiger partial charge in [0, 0.05) is 34.1 Å². The zero-order valence-corrected chi connectivity index (χ0v) is 42.8. The van der Waals surface area contributed by atoms with E-state index in [1.807, 2.05) is 0 Å². The molecule has 0 aliphatic carbocycles. The summed E-state index contributed by atoms with van der Waals surface area (Å²) in [5.74, 6) is 0. The van der Waals surface area contributed by atoms with E-state index in [1.165, 1.54) is 72.3 Å². The van der Waals surface area contributed by atoms with Crippen LogP contribution in [0.2, 0.25) is 0 Å². The maximum atomic E-state index is 2.37. The van der Waals surface area contributed by atoms with Gasteiger partial charge in [0.2, 0.25) is 0 Å². The SMILES string of the molecule is Cc1cc(C)cc(-c2ccc(-c3cccc(N(c4ccc(-c5ccc(-c6ccccc6)cc5)cc4)c4ccc(-c5ccc(N(c6ccc(-c7ccccc7)cc6)c6ccc(-c7ccccc7)cc6)cc5)cc4)c3)cc2)c1. The van der Waals surface area contributed by atoms with Crippen LogP contribution in [0.3, 0.4) is 0 Å². The van der Waals surface area contributed by atoms with E-state index in [1.54, 1.807) is 0 Å². The Morgan fingerprint density at radius 1 is 0.158 bits per heavy atom. The van der Waals surface area contributed by atoms with Crippen LogP contribution in [-0.4, -0.2) is 0 Å². The second-order valence-corrected chi connectivity index (χ2v) is 19.6. The van der Waals surface area contributed by atoms with Crippen molar-refractivity contribution in [2.75, 3.05) is 9.80 Å². The highest BCUT2D eigenvalue weighted by molar-refractivity contribution is 5.85. The molecule has 0 saturated carbocycles. The number of nitrogens with zero attached hydrogens (tertiary/aromatic N) is 2. The van der Waals surface area contributed by atoms with Crippen molar-refractivity contribution in [2.45, 2.75) is 13.8 Å². The molecule has 0 radical (unpaired) electrons. The Balaban J connectivity index is 0.859. The molecule has 0 fully saturated rings. The van der Waals surface area contributed by atoms with Crippen molar-refractivity contribution in [1.29, 1.82) is 0 Å². The number of benzene rings is 12. The van der Waals surface area contributed by atoms with E-state index in [4.69, 9.17) is 0 Å². The maximum absolute atomic E-state index is 2.37. The van der Waals surface area contributed by atoms with Gasteiger partial charge in [-0.05, 0) is 165 Å². The molecule has 76 heavy (non-hydrogen) atoms. The molecule has 0 aromatic heterocycles. The molecule has 0 N–H and O–H groups in total. The summed E-state index contributed by atoms with van der Waals surface area (Å²) in [7, 11) is 0. The van der Waals surface area contributed by atoms with Crippen molar-refractivity contribution < 1.29 is 0 Å². The van der Waals surface area contributed by atoms with E-state index in [0.29, 0.717) is 0 Å². The summed E-state index contributed by atoms with van der Waals surface area (Å²) >= 11 is 0. The topological polar surface area (TPSA) is 6.48 Å². The molecule has 12 rings (SSSR count). The zero-order chi connectivity index (χ0) is 51.2. The molecule has 0 spiro atoms. The van der Waals surface area contributed by atoms with Gasteiger partial charge in [-0.2, -0.15) is 0 Å². The smallest absolute Gasteiger partial charge is 0.0467 e. The van der Waals surface area contributed by atoms with E-state index < -0.39 is 0 Å². The first kappa shape index (κ1) is 47.3. The Morgan fingerprint density at radius 2 is 0.382 bits per heavy atom. The van der Waals surface area contributed by atoms with Gasteiger partial charge in [-0.25, -0.2) is 0 Å². The molecule has 2 nitrogen and oxygen atoms in total. The molecule has 362 valence electrons. The lowest BCUT2D eigenvalue weighted by Crippen LogP contribution is -2.10. The van der Waals surface area contributed by atoms with Gasteiger partial charge in [-0.15, -0.1) is 0 Å². The molecule has 0 amide bonds. The highest BCUT2D eigenvalue weighted by Gasteiger charge is 2.17. The average Bonchev–Trinajstić information content (AvgIpc) is 3.49. The second kappa shape index (κ2) is 21.4. The van der Waals surface area contributed by atoms with Crippen molar-refractivity contribution in [2.24, 2.45) is 0 Å². The van der Waals surface area contributed by atoms with E-state index in [2.05, 4.69) is 327 Å². The summed E-state index contributed by atoms with van der Waals surface area (Å²) in [5, 5.41) is 0. The molecule has 0 heterocycles. The third-order valence-corrected chi connectivity index (χ3v) is 14.4. The van der Waals surface area contributed by atoms with Gasteiger partial charge in [0.1, 0.15) is 0 Å². The van der Waals surface area contributed by atoms with Crippen LogP contribution in [0.4, 0.5) is 34.1 Å². The standard InChI is InChI=1S/C74H56N2/c1-53-49-54(2)51-68(50-53)66-27-25-65(26-28-66)67-19-12-20-74(52-67)76(72-45-35-62(36-46-72)59-23-21-58(22-24-59)55-13-6-3-7-14-55)73-47-37-64(38-48-73)63-33-43-71(44-34-63)75(69-39-29-60(30-40-69)56-15-8-4-9-16-56)70-41-31-61(32-42-70)57-17-10-5-11-18-57/h3-52H,1-2H3. The highest BCUT2D eigenvalue weighted by Crippen LogP contribution is 2.41. The minimum Gasteiger partial charge on any atom is -0.311 e. The van der Waals surface area contributed by atoms with Gasteiger partial charge < -0.3 is 9.80 Å². The molecule has 0 saturated heterocycles. The van der Waals surface area contributed by atoms with E-state index in [9.17, 15) is 0 Å². The predicted octanol–water partition coefficient (Wildman–Crippen LogP) is 20.9. The lowest BCUT2D eigenvalue weighted by Gasteiger charge is -2.27. The third-order valence-electron chi connectivity index (χ3n) is 14.4. The van der Waals surface area contributed by atoms with Crippen LogP contribution in [0, 0.1) is 13.8 Å². The fourth-order valence-corrected chi connectivity index (χ4v) is 10.5. The van der Waals surface area contributed by atoms with Gasteiger partial charge in [0.05, 0.1) is 0 Å². The molecule has 0 bridgehead atoms. The molecular formula is C74H56N2. The summed E-state index contributed by atoms with van der Waals surface area (Å²) in [6.07, 6.45) is 0. The fourth-order valence-electron chi connectivity index (χ4n) is 10.5. The molecule has 12 aromatic rings. The van der Waals surface area contributed by atoms with Crippen LogP contribution in [0.5, 0.6) is 0 Å². The normalized spacial score (nSPS) is 11.0. The van der Waals surface area contributed by atoms with Crippen LogP contribution in [0.1, 0.15) is 11.1 Å². The molecule has 0 aliphatic heterocycles. The molecule has 0 aliphatic rings. The van der Waals surface area contributed by atoms with Crippen molar-refractivity contribution in [3.05, 3.63) is 314 Å². The Kier molecular flexibility index (Phi) is 13.3. The average molecular weight is 973 g/mol. The lowest BCUT2D eigenvalue weighted by atomic mass is 9.97. The number of hydrogen-bond acceptors (Lipinski definition) is 2. The van der Waals surface area contributed by atoms with E-state index in [-0.39, 0.29) is 0 Å². The van der Waals surface area contributed by atoms with Crippen molar-refractivity contribution >= 4 is 34.1 Å². The Morgan fingerprint density at radius 3 is 0.684 bits per heavy atom. The molecule has 12 aromatic carbocycles. The monoisotopic (exact) mass is 972 g/mol. The zero-order valence-electron chi connectivity index (χ0n) is 42.8. The van der Waals surface area contributed by atoms with Gasteiger partial charge in [0.25, 0.3) is 0 Å². The first-order valence-corrected chi connectivity index (χ1v) is 26.1. The maximum Gasteiger partial charge on any atom is 0.0467 e. The minimum absolute atomic E-state index is 1.08. The van der Waals surface area contributed by atoms with Gasteiger partial charge in [-0.3, -0.25) is 0 Å². The fraction of sp³-hybridized carbons (Fsp3) is 0.0270. The molecule has 0 unspecified atom stereocenters. The molecule has 2 heteroatoms. The number of rotatable bonds is 13. The van der Waals surface area contributed by atoms with Crippen LogP contribution in [0.25, 0.3) is 77.9 Å². The molecular weight excluding hydrogens is 917 g/mol. The van der Waals surface area contributed by atoms with Crippen molar-refractivity contribution in [1.82, 2.24) is 0 Å². The highest BCUT2D eigenvalue weighted by atomic mass is 15.1. The van der Waals surface area contributed by atoms with E-state index >= 15 is 0 Å². The van der Waals surface area contributed by atoms with Crippen LogP contribution < -0.4 is 9.80 Å². The lowest BCUT2D eigenvalue weighted by molar-refractivity contribution is 1.28. The third kappa shape index (κ3) is 10.3.